The number of H-pyrrole nitrogens is 1. The number of hydrogen-bond donors (Lipinski definition) is 2. The average Bonchev–Trinajstić information content (AvgIpc) is 3.04. The summed E-state index contributed by atoms with van der Waals surface area (Å²) in [7, 11) is 1.60. The summed E-state index contributed by atoms with van der Waals surface area (Å²) in [6.45, 7) is 1.95. The van der Waals surface area contributed by atoms with E-state index in [-0.39, 0.29) is 29.4 Å². The molecule has 1 aliphatic carbocycles. The first-order valence-corrected chi connectivity index (χ1v) is 9.81. The molecule has 0 atom stereocenters. The van der Waals surface area contributed by atoms with Gasteiger partial charge in [0.1, 0.15) is 11.6 Å². The molecule has 1 aromatic heterocycles. The normalized spacial score (nSPS) is 19.3. The second-order valence-electron chi connectivity index (χ2n) is 7.64. The molecule has 1 amide bonds. The molecule has 4 rings (SSSR count). The Hall–Kier alpha value is -3.09. The van der Waals surface area contributed by atoms with Gasteiger partial charge in [-0.05, 0) is 62.4 Å². The minimum atomic E-state index is -0.369. The standard InChI is InChI=1S/C22H24FN3O3/c1-13-3-7-16(12-20(13)29-2)24-21(27)14-4-8-17(9-5-14)26-19-11-15(23)6-10-18(19)25-22(26)28/h3,6-7,10-12,14,17H,4-5,8-9H2,1-2H3,(H,24,27)(H,25,28)/t14-,17+. The molecule has 152 valence electrons. The molecule has 0 spiro atoms. The molecule has 6 nitrogen and oxygen atoms in total. The number of rotatable bonds is 4. The van der Waals surface area contributed by atoms with Crippen molar-refractivity contribution in [1.82, 2.24) is 9.55 Å². The number of aryl methyl sites for hydroxylation is 1. The third kappa shape index (κ3) is 3.77. The number of amides is 1. The highest BCUT2D eigenvalue weighted by atomic mass is 19.1. The van der Waals surface area contributed by atoms with Crippen molar-refractivity contribution >= 4 is 22.6 Å². The molecule has 2 N–H and O–H groups in total. The zero-order valence-corrected chi connectivity index (χ0v) is 16.5. The lowest BCUT2D eigenvalue weighted by Gasteiger charge is -2.28. The van der Waals surface area contributed by atoms with E-state index in [4.69, 9.17) is 4.74 Å². The second-order valence-corrected chi connectivity index (χ2v) is 7.64. The van der Waals surface area contributed by atoms with Crippen LogP contribution in [0.3, 0.4) is 0 Å². The molecular formula is C22H24FN3O3. The number of aromatic amines is 1. The molecule has 1 fully saturated rings. The first-order valence-electron chi connectivity index (χ1n) is 9.81. The van der Waals surface area contributed by atoms with Gasteiger partial charge < -0.3 is 15.0 Å². The van der Waals surface area contributed by atoms with Crippen LogP contribution in [0, 0.1) is 18.7 Å². The Morgan fingerprint density at radius 1 is 1.17 bits per heavy atom. The molecule has 3 aromatic rings. The van der Waals surface area contributed by atoms with E-state index in [1.807, 2.05) is 25.1 Å². The van der Waals surface area contributed by atoms with Crippen LogP contribution < -0.4 is 15.7 Å². The largest absolute Gasteiger partial charge is 0.496 e. The fraction of sp³-hybridized carbons (Fsp3) is 0.364. The van der Waals surface area contributed by atoms with Gasteiger partial charge in [-0.25, -0.2) is 9.18 Å². The predicted octanol–water partition coefficient (Wildman–Crippen LogP) is 4.16. The third-order valence-electron chi connectivity index (χ3n) is 5.79. The van der Waals surface area contributed by atoms with Gasteiger partial charge in [0.2, 0.25) is 5.91 Å². The quantitative estimate of drug-likeness (QED) is 0.694. The molecule has 1 saturated carbocycles. The Morgan fingerprint density at radius 3 is 2.66 bits per heavy atom. The summed E-state index contributed by atoms with van der Waals surface area (Å²) < 4.78 is 20.6. The number of methoxy groups -OCH3 is 1. The van der Waals surface area contributed by atoms with E-state index in [9.17, 15) is 14.0 Å². The Bertz CT molecular complexity index is 1110. The number of nitrogens with one attached hydrogen (secondary N) is 2. The molecule has 1 heterocycles. The number of ether oxygens (including phenoxy) is 1. The summed E-state index contributed by atoms with van der Waals surface area (Å²) in [6.07, 6.45) is 2.74. The van der Waals surface area contributed by atoms with Gasteiger partial charge in [0.15, 0.2) is 0 Å². The molecule has 1 aliphatic rings. The summed E-state index contributed by atoms with van der Waals surface area (Å²) in [5, 5.41) is 2.97. The maximum atomic E-state index is 13.7. The van der Waals surface area contributed by atoms with E-state index >= 15 is 0 Å². The van der Waals surface area contributed by atoms with Gasteiger partial charge in [0, 0.05) is 23.7 Å². The molecular weight excluding hydrogens is 373 g/mol. The number of nitrogens with zero attached hydrogens (tertiary/aromatic N) is 1. The highest BCUT2D eigenvalue weighted by Crippen LogP contribution is 2.34. The smallest absolute Gasteiger partial charge is 0.326 e. The van der Waals surface area contributed by atoms with Crippen LogP contribution in [0.2, 0.25) is 0 Å². The number of fused-ring (bicyclic) bond motifs is 1. The highest BCUT2D eigenvalue weighted by Gasteiger charge is 2.29. The zero-order chi connectivity index (χ0) is 20.5. The van der Waals surface area contributed by atoms with Crippen LogP contribution in [-0.2, 0) is 4.79 Å². The van der Waals surface area contributed by atoms with Crippen molar-refractivity contribution in [3.63, 3.8) is 0 Å². The molecule has 0 unspecified atom stereocenters. The van der Waals surface area contributed by atoms with E-state index in [0.29, 0.717) is 42.4 Å². The number of hydrogen-bond acceptors (Lipinski definition) is 3. The van der Waals surface area contributed by atoms with Crippen molar-refractivity contribution in [3.05, 3.63) is 58.3 Å². The van der Waals surface area contributed by atoms with Crippen LogP contribution in [0.15, 0.2) is 41.2 Å². The second kappa shape index (κ2) is 7.73. The van der Waals surface area contributed by atoms with Crippen LogP contribution >= 0.6 is 0 Å². The first-order chi connectivity index (χ1) is 14.0. The van der Waals surface area contributed by atoms with Gasteiger partial charge in [-0.1, -0.05) is 6.07 Å². The first kappa shape index (κ1) is 19.2. The molecule has 29 heavy (non-hydrogen) atoms. The van der Waals surface area contributed by atoms with Crippen LogP contribution in [0.4, 0.5) is 10.1 Å². The van der Waals surface area contributed by atoms with E-state index < -0.39 is 0 Å². The summed E-state index contributed by atoms with van der Waals surface area (Å²) in [5.74, 6) is 0.229. The lowest BCUT2D eigenvalue weighted by atomic mass is 9.85. The lowest BCUT2D eigenvalue weighted by molar-refractivity contribution is -0.121. The van der Waals surface area contributed by atoms with Crippen molar-refractivity contribution in [2.24, 2.45) is 5.92 Å². The van der Waals surface area contributed by atoms with Crippen molar-refractivity contribution in [1.29, 1.82) is 0 Å². The Labute approximate surface area is 167 Å². The summed E-state index contributed by atoms with van der Waals surface area (Å²) in [5.41, 5.74) is 2.69. The fourth-order valence-electron chi connectivity index (χ4n) is 4.20. The lowest BCUT2D eigenvalue weighted by Crippen LogP contribution is -2.31. The SMILES string of the molecule is COc1cc(NC(=O)[C@H]2CC[C@@H](n3c(=O)[nH]c4ccc(F)cc43)CC2)ccc1C. The van der Waals surface area contributed by atoms with Gasteiger partial charge in [-0.15, -0.1) is 0 Å². The molecule has 2 aromatic carbocycles. The van der Waals surface area contributed by atoms with E-state index in [1.54, 1.807) is 17.7 Å². The maximum Gasteiger partial charge on any atom is 0.326 e. The van der Waals surface area contributed by atoms with Crippen molar-refractivity contribution < 1.29 is 13.9 Å². The number of anilines is 1. The maximum absolute atomic E-state index is 13.7. The van der Waals surface area contributed by atoms with Crippen molar-refractivity contribution in [2.75, 3.05) is 12.4 Å². The Kier molecular flexibility index (Phi) is 5.13. The summed E-state index contributed by atoms with van der Waals surface area (Å²) in [6, 6.07) is 9.86. The minimum absolute atomic E-state index is 0.0216. The van der Waals surface area contributed by atoms with E-state index in [2.05, 4.69) is 10.3 Å². The number of imidazole rings is 1. The van der Waals surface area contributed by atoms with Gasteiger partial charge >= 0.3 is 5.69 Å². The molecule has 0 aliphatic heterocycles. The highest BCUT2D eigenvalue weighted by molar-refractivity contribution is 5.92. The van der Waals surface area contributed by atoms with Gasteiger partial charge in [0.05, 0.1) is 18.1 Å². The number of aromatic nitrogens is 2. The number of carbonyl (C=O) groups excluding carboxylic acids is 1. The zero-order valence-electron chi connectivity index (χ0n) is 16.5. The summed E-state index contributed by atoms with van der Waals surface area (Å²) >= 11 is 0. The third-order valence-corrected chi connectivity index (χ3v) is 5.79. The van der Waals surface area contributed by atoms with Crippen LogP contribution in [0.1, 0.15) is 37.3 Å². The van der Waals surface area contributed by atoms with E-state index in [1.165, 1.54) is 12.1 Å². The summed E-state index contributed by atoms with van der Waals surface area (Å²) in [4.78, 5) is 27.9. The van der Waals surface area contributed by atoms with Gasteiger partial charge in [-0.2, -0.15) is 0 Å². The van der Waals surface area contributed by atoms with Crippen LogP contribution in [-0.4, -0.2) is 22.6 Å². The van der Waals surface area contributed by atoms with E-state index in [0.717, 1.165) is 11.3 Å². The molecule has 7 heteroatoms. The molecule has 0 saturated heterocycles. The number of carbonyl (C=O) groups is 1. The number of halogens is 1. The average molecular weight is 397 g/mol. The fourth-order valence-corrected chi connectivity index (χ4v) is 4.20. The predicted molar refractivity (Wildman–Crippen MR) is 110 cm³/mol. The Balaban J connectivity index is 1.45. The Morgan fingerprint density at radius 2 is 1.93 bits per heavy atom. The molecule has 0 bridgehead atoms. The van der Waals surface area contributed by atoms with Crippen LogP contribution in [0.25, 0.3) is 11.0 Å². The van der Waals surface area contributed by atoms with Gasteiger partial charge in [0.25, 0.3) is 0 Å². The van der Waals surface area contributed by atoms with Crippen molar-refractivity contribution in [3.8, 4) is 5.75 Å². The monoisotopic (exact) mass is 397 g/mol. The van der Waals surface area contributed by atoms with Crippen LogP contribution in [0.5, 0.6) is 5.75 Å². The van der Waals surface area contributed by atoms with Gasteiger partial charge in [-0.3, -0.25) is 9.36 Å². The minimum Gasteiger partial charge on any atom is -0.496 e. The molecule has 0 radical (unpaired) electrons. The topological polar surface area (TPSA) is 76.1 Å². The van der Waals surface area contributed by atoms with Crippen molar-refractivity contribution in [2.45, 2.75) is 38.6 Å². The number of benzene rings is 2.